The van der Waals surface area contributed by atoms with Crippen LogP contribution in [0.1, 0.15) is 23.0 Å². The molecule has 0 fully saturated rings. The van der Waals surface area contributed by atoms with E-state index in [2.05, 4.69) is 4.98 Å². The van der Waals surface area contributed by atoms with E-state index in [4.69, 9.17) is 0 Å². The minimum atomic E-state index is -0.345. The van der Waals surface area contributed by atoms with Crippen LogP contribution >= 0.6 is 0 Å². The summed E-state index contributed by atoms with van der Waals surface area (Å²) in [6.07, 6.45) is 0. The molecule has 0 aliphatic carbocycles. The first-order valence-corrected chi connectivity index (χ1v) is 4.66. The van der Waals surface area contributed by atoms with Crippen LogP contribution < -0.4 is 0 Å². The van der Waals surface area contributed by atoms with Gasteiger partial charge in [-0.3, -0.25) is 9.78 Å². The van der Waals surface area contributed by atoms with Crippen LogP contribution in [0.5, 0.6) is 0 Å². The average Bonchev–Trinajstić information content (AvgIpc) is 2.16. The topological polar surface area (TPSA) is 30.0 Å². The standard InChI is InChI=1S/C12H10FNO/c1-7-9(8(2)15)6-10-11(13)4-3-5-12(10)14-7/h3-6H,1-2H3. The molecule has 0 aliphatic rings. The van der Waals surface area contributed by atoms with E-state index in [-0.39, 0.29) is 11.6 Å². The Bertz CT molecular complexity index is 549. The van der Waals surface area contributed by atoms with Crippen molar-refractivity contribution in [1.82, 2.24) is 4.98 Å². The normalized spacial score (nSPS) is 10.6. The smallest absolute Gasteiger partial charge is 0.161 e. The molecule has 1 aromatic heterocycles. The van der Waals surface area contributed by atoms with Crippen LogP contribution in [0.4, 0.5) is 4.39 Å². The summed E-state index contributed by atoms with van der Waals surface area (Å²) in [5, 5.41) is 0.397. The zero-order chi connectivity index (χ0) is 11.0. The molecule has 0 unspecified atom stereocenters. The van der Waals surface area contributed by atoms with Crippen molar-refractivity contribution < 1.29 is 9.18 Å². The molecule has 0 N–H and O–H groups in total. The highest BCUT2D eigenvalue weighted by Crippen LogP contribution is 2.19. The van der Waals surface area contributed by atoms with Crippen molar-refractivity contribution in [3.8, 4) is 0 Å². The molecule has 2 aromatic rings. The van der Waals surface area contributed by atoms with Crippen LogP contribution in [0.2, 0.25) is 0 Å². The van der Waals surface area contributed by atoms with Crippen LogP contribution in [-0.4, -0.2) is 10.8 Å². The molecule has 0 saturated heterocycles. The predicted molar refractivity (Wildman–Crippen MR) is 56.4 cm³/mol. The lowest BCUT2D eigenvalue weighted by Gasteiger charge is -2.04. The van der Waals surface area contributed by atoms with Crippen molar-refractivity contribution in [3.63, 3.8) is 0 Å². The van der Waals surface area contributed by atoms with Gasteiger partial charge in [-0.05, 0) is 32.0 Å². The zero-order valence-electron chi connectivity index (χ0n) is 8.54. The lowest BCUT2D eigenvalue weighted by Crippen LogP contribution is -1.99. The van der Waals surface area contributed by atoms with E-state index in [0.717, 1.165) is 0 Å². The highest BCUT2D eigenvalue weighted by molar-refractivity contribution is 5.98. The minimum Gasteiger partial charge on any atom is -0.294 e. The third-order valence-electron chi connectivity index (χ3n) is 2.38. The molecule has 3 heteroatoms. The van der Waals surface area contributed by atoms with Crippen molar-refractivity contribution in [2.45, 2.75) is 13.8 Å². The predicted octanol–water partition coefficient (Wildman–Crippen LogP) is 2.88. The number of ketones is 1. The third-order valence-corrected chi connectivity index (χ3v) is 2.38. The lowest BCUT2D eigenvalue weighted by atomic mass is 10.1. The van der Waals surface area contributed by atoms with E-state index in [1.165, 1.54) is 13.0 Å². The number of rotatable bonds is 1. The van der Waals surface area contributed by atoms with E-state index in [9.17, 15) is 9.18 Å². The number of halogens is 1. The molecule has 2 rings (SSSR count). The molecule has 1 aromatic carbocycles. The number of carbonyl (C=O) groups excluding carboxylic acids is 1. The molecule has 76 valence electrons. The van der Waals surface area contributed by atoms with Gasteiger partial charge in [0.05, 0.1) is 5.52 Å². The van der Waals surface area contributed by atoms with E-state index < -0.39 is 0 Å². The van der Waals surface area contributed by atoms with Gasteiger partial charge in [-0.25, -0.2) is 4.39 Å². The molecule has 0 radical (unpaired) electrons. The molecule has 2 nitrogen and oxygen atoms in total. The van der Waals surface area contributed by atoms with E-state index in [0.29, 0.717) is 22.2 Å². The van der Waals surface area contributed by atoms with Gasteiger partial charge in [0, 0.05) is 16.6 Å². The second-order valence-electron chi connectivity index (χ2n) is 3.48. The van der Waals surface area contributed by atoms with E-state index in [1.807, 2.05) is 0 Å². The van der Waals surface area contributed by atoms with Crippen LogP contribution in [0.25, 0.3) is 10.9 Å². The van der Waals surface area contributed by atoms with Crippen molar-refractivity contribution in [1.29, 1.82) is 0 Å². The Morgan fingerprint density at radius 2 is 2.13 bits per heavy atom. The summed E-state index contributed by atoms with van der Waals surface area (Å²) in [6, 6.07) is 6.27. The van der Waals surface area contributed by atoms with Crippen molar-refractivity contribution >= 4 is 16.7 Å². The third kappa shape index (κ3) is 1.61. The zero-order valence-corrected chi connectivity index (χ0v) is 8.54. The van der Waals surface area contributed by atoms with Crippen LogP contribution in [-0.2, 0) is 0 Å². The average molecular weight is 203 g/mol. The second-order valence-corrected chi connectivity index (χ2v) is 3.48. The maximum Gasteiger partial charge on any atom is 0.161 e. The minimum absolute atomic E-state index is 0.0925. The Hall–Kier alpha value is -1.77. The molecule has 0 saturated carbocycles. The fourth-order valence-corrected chi connectivity index (χ4v) is 1.61. The number of nitrogens with zero attached hydrogens (tertiary/aromatic N) is 1. The molecule has 0 amide bonds. The largest absolute Gasteiger partial charge is 0.294 e. The van der Waals surface area contributed by atoms with E-state index in [1.54, 1.807) is 25.1 Å². The van der Waals surface area contributed by atoms with Crippen LogP contribution in [0.15, 0.2) is 24.3 Å². The number of aryl methyl sites for hydroxylation is 1. The number of carbonyl (C=O) groups is 1. The first kappa shape index (κ1) is 9.77. The number of pyridine rings is 1. The monoisotopic (exact) mass is 203 g/mol. The lowest BCUT2D eigenvalue weighted by molar-refractivity contribution is 0.101. The van der Waals surface area contributed by atoms with Gasteiger partial charge in [-0.15, -0.1) is 0 Å². The Morgan fingerprint density at radius 1 is 1.40 bits per heavy atom. The Morgan fingerprint density at radius 3 is 2.80 bits per heavy atom. The number of hydrogen-bond acceptors (Lipinski definition) is 2. The summed E-state index contributed by atoms with van der Waals surface area (Å²) in [6.45, 7) is 3.21. The number of benzene rings is 1. The van der Waals surface area contributed by atoms with Gasteiger partial charge in [0.25, 0.3) is 0 Å². The molecule has 0 aliphatic heterocycles. The fraction of sp³-hybridized carbons (Fsp3) is 0.167. The molecule has 0 bridgehead atoms. The number of hydrogen-bond donors (Lipinski definition) is 0. The first-order valence-electron chi connectivity index (χ1n) is 4.66. The van der Waals surface area contributed by atoms with Crippen molar-refractivity contribution in [2.75, 3.05) is 0 Å². The van der Waals surface area contributed by atoms with Crippen LogP contribution in [0.3, 0.4) is 0 Å². The summed E-state index contributed by atoms with van der Waals surface area (Å²) < 4.78 is 13.4. The summed E-state index contributed by atoms with van der Waals surface area (Å²) >= 11 is 0. The van der Waals surface area contributed by atoms with Gasteiger partial charge < -0.3 is 0 Å². The molecular formula is C12H10FNO. The van der Waals surface area contributed by atoms with Gasteiger partial charge in [0.15, 0.2) is 5.78 Å². The Kier molecular flexibility index (Phi) is 2.23. The fourth-order valence-electron chi connectivity index (χ4n) is 1.61. The molecule has 1 heterocycles. The Balaban J connectivity index is 2.83. The van der Waals surface area contributed by atoms with Crippen molar-refractivity contribution in [3.05, 3.63) is 41.3 Å². The Labute approximate surface area is 86.8 Å². The van der Waals surface area contributed by atoms with Gasteiger partial charge >= 0.3 is 0 Å². The van der Waals surface area contributed by atoms with Gasteiger partial charge in [0.1, 0.15) is 5.82 Å². The number of aromatic nitrogens is 1. The van der Waals surface area contributed by atoms with Gasteiger partial charge in [-0.2, -0.15) is 0 Å². The maximum atomic E-state index is 13.4. The maximum absolute atomic E-state index is 13.4. The summed E-state index contributed by atoms with van der Waals surface area (Å²) in [5.74, 6) is -0.437. The van der Waals surface area contributed by atoms with Crippen molar-refractivity contribution in [2.24, 2.45) is 0 Å². The summed E-state index contributed by atoms with van der Waals surface area (Å²) in [4.78, 5) is 15.5. The summed E-state index contributed by atoms with van der Waals surface area (Å²) in [7, 11) is 0. The number of fused-ring (bicyclic) bond motifs is 1. The molecule has 15 heavy (non-hydrogen) atoms. The highest BCUT2D eigenvalue weighted by atomic mass is 19.1. The van der Waals surface area contributed by atoms with Gasteiger partial charge in [-0.1, -0.05) is 6.07 Å². The van der Waals surface area contributed by atoms with Crippen LogP contribution in [0, 0.1) is 12.7 Å². The SMILES string of the molecule is CC(=O)c1cc2c(F)cccc2nc1C. The van der Waals surface area contributed by atoms with Gasteiger partial charge in [0.2, 0.25) is 0 Å². The quantitative estimate of drug-likeness (QED) is 0.667. The molecule has 0 spiro atoms. The van der Waals surface area contributed by atoms with E-state index >= 15 is 0 Å². The number of Topliss-reactive ketones (excluding diaryl/α,β-unsaturated/α-hetero) is 1. The second kappa shape index (κ2) is 3.42. The summed E-state index contributed by atoms with van der Waals surface area (Å²) in [5.41, 5.74) is 1.70. The molecular weight excluding hydrogens is 193 g/mol. The highest BCUT2D eigenvalue weighted by Gasteiger charge is 2.09. The molecule has 0 atom stereocenters. The first-order chi connectivity index (χ1) is 7.09.